The van der Waals surface area contributed by atoms with Crippen LogP contribution in [0.2, 0.25) is 0 Å². The predicted molar refractivity (Wildman–Crippen MR) is 116 cm³/mol. The lowest BCUT2D eigenvalue weighted by atomic mass is 9.91. The van der Waals surface area contributed by atoms with Gasteiger partial charge in [0.1, 0.15) is 11.6 Å². The summed E-state index contributed by atoms with van der Waals surface area (Å²) in [6.45, 7) is 1.97. The van der Waals surface area contributed by atoms with Gasteiger partial charge in [0.25, 0.3) is 0 Å². The van der Waals surface area contributed by atoms with Crippen molar-refractivity contribution in [3.63, 3.8) is 0 Å². The first kappa shape index (κ1) is 19.2. The lowest BCUT2D eigenvalue weighted by Crippen LogP contribution is -2.29. The van der Waals surface area contributed by atoms with Crippen LogP contribution in [0.5, 0.6) is 0 Å². The van der Waals surface area contributed by atoms with Crippen LogP contribution < -0.4 is 5.32 Å². The molecule has 0 bridgehead atoms. The Morgan fingerprint density at radius 1 is 1.19 bits per heavy atom. The molecule has 0 unspecified atom stereocenters. The van der Waals surface area contributed by atoms with Gasteiger partial charge in [-0.25, -0.2) is 19.9 Å². The van der Waals surface area contributed by atoms with Crippen molar-refractivity contribution in [1.82, 2.24) is 34.3 Å². The molecular weight excluding hydrogens is 390 g/mol. The van der Waals surface area contributed by atoms with E-state index in [-0.39, 0.29) is 6.04 Å². The van der Waals surface area contributed by atoms with Gasteiger partial charge in [0, 0.05) is 36.6 Å². The summed E-state index contributed by atoms with van der Waals surface area (Å²) in [6.07, 6.45) is 11.2. The summed E-state index contributed by atoms with van der Waals surface area (Å²) < 4.78 is 3.97. The minimum absolute atomic E-state index is 0.232. The van der Waals surface area contributed by atoms with E-state index in [1.54, 1.807) is 17.1 Å². The third-order valence-electron chi connectivity index (χ3n) is 6.10. The second kappa shape index (κ2) is 7.80. The molecule has 1 fully saturated rings. The number of imidazole rings is 1. The number of aryl methyl sites for hydroxylation is 1. The smallest absolute Gasteiger partial charge is 0.223 e. The van der Waals surface area contributed by atoms with E-state index in [1.807, 2.05) is 38.6 Å². The van der Waals surface area contributed by atoms with Crippen molar-refractivity contribution in [2.75, 3.05) is 5.32 Å². The van der Waals surface area contributed by atoms with Gasteiger partial charge in [-0.1, -0.05) is 0 Å². The average molecular weight is 413 g/mol. The molecule has 0 radical (unpaired) electrons. The molecule has 31 heavy (non-hydrogen) atoms. The fourth-order valence-corrected chi connectivity index (χ4v) is 4.33. The van der Waals surface area contributed by atoms with Gasteiger partial charge in [0.15, 0.2) is 5.65 Å². The van der Waals surface area contributed by atoms with Gasteiger partial charge in [-0.2, -0.15) is 10.4 Å². The number of nitrogens with zero attached hydrogens (tertiary/aromatic N) is 8. The Labute approximate surface area is 179 Å². The first-order valence-electron chi connectivity index (χ1n) is 10.4. The molecule has 9 nitrogen and oxygen atoms in total. The van der Waals surface area contributed by atoms with Crippen LogP contribution in [0.1, 0.15) is 43.0 Å². The lowest BCUT2D eigenvalue weighted by molar-refractivity contribution is 0.335. The largest absolute Gasteiger partial charge is 0.351 e. The van der Waals surface area contributed by atoms with Gasteiger partial charge in [0.2, 0.25) is 5.95 Å². The van der Waals surface area contributed by atoms with Crippen LogP contribution in [-0.2, 0) is 7.05 Å². The molecular formula is C22H23N9. The topological polar surface area (TPSA) is 110 Å². The summed E-state index contributed by atoms with van der Waals surface area (Å²) in [5.74, 6) is 0.538. The minimum Gasteiger partial charge on any atom is -0.351 e. The SMILES string of the molecule is Cc1c(-c2nc(N[C@@H]3CCC[C@H](n4cnc5cccnc54)C3)ncc2C#N)cnn1C. The van der Waals surface area contributed by atoms with Gasteiger partial charge >= 0.3 is 0 Å². The van der Waals surface area contributed by atoms with Crippen LogP contribution in [-0.4, -0.2) is 40.3 Å². The number of fused-ring (bicyclic) bond motifs is 1. The van der Waals surface area contributed by atoms with Crippen molar-refractivity contribution in [2.24, 2.45) is 7.05 Å². The van der Waals surface area contributed by atoms with Crippen molar-refractivity contribution in [3.8, 4) is 17.3 Å². The highest BCUT2D eigenvalue weighted by atomic mass is 15.3. The van der Waals surface area contributed by atoms with Gasteiger partial charge in [-0.05, 0) is 44.7 Å². The zero-order valence-corrected chi connectivity index (χ0v) is 17.5. The fraction of sp³-hybridized carbons (Fsp3) is 0.364. The first-order chi connectivity index (χ1) is 15.1. The maximum Gasteiger partial charge on any atom is 0.223 e. The molecule has 4 heterocycles. The number of aromatic nitrogens is 7. The molecule has 9 heteroatoms. The molecule has 156 valence electrons. The molecule has 1 aliphatic rings. The van der Waals surface area contributed by atoms with E-state index >= 15 is 0 Å². The summed E-state index contributed by atoms with van der Waals surface area (Å²) in [7, 11) is 1.88. The summed E-state index contributed by atoms with van der Waals surface area (Å²) >= 11 is 0. The number of hydrogen-bond acceptors (Lipinski definition) is 7. The van der Waals surface area contributed by atoms with E-state index in [4.69, 9.17) is 4.98 Å². The monoisotopic (exact) mass is 413 g/mol. The molecule has 0 aromatic carbocycles. The molecule has 4 aromatic heterocycles. The second-order valence-corrected chi connectivity index (χ2v) is 7.99. The third kappa shape index (κ3) is 3.50. The second-order valence-electron chi connectivity index (χ2n) is 7.99. The Balaban J connectivity index is 1.39. The van der Waals surface area contributed by atoms with Crippen LogP contribution in [0, 0.1) is 18.3 Å². The zero-order chi connectivity index (χ0) is 21.4. The Morgan fingerprint density at radius 3 is 2.90 bits per heavy atom. The Kier molecular flexibility index (Phi) is 4.82. The van der Waals surface area contributed by atoms with Gasteiger partial charge in [-0.15, -0.1) is 0 Å². The Bertz CT molecular complexity index is 1280. The molecule has 0 saturated heterocycles. The maximum absolute atomic E-state index is 9.52. The van der Waals surface area contributed by atoms with Crippen molar-refractivity contribution in [2.45, 2.75) is 44.7 Å². The molecule has 0 aliphatic heterocycles. The number of nitrogens with one attached hydrogen (secondary N) is 1. The summed E-state index contributed by atoms with van der Waals surface area (Å²) in [6, 6.07) is 6.65. The average Bonchev–Trinajstić information content (AvgIpc) is 3.37. The quantitative estimate of drug-likeness (QED) is 0.546. The van der Waals surface area contributed by atoms with E-state index in [1.165, 1.54) is 0 Å². The number of rotatable bonds is 4. The standard InChI is InChI=1S/C22H23N9/c1-14-18(12-27-30(14)2)20-15(10-23)11-25-22(29-20)28-16-5-3-6-17(9-16)31-13-26-19-7-4-8-24-21(19)31/h4,7-8,11-13,16-17H,3,5-6,9H2,1-2H3,(H,25,28,29)/t16-,17+/m1/s1. The minimum atomic E-state index is 0.232. The molecule has 1 aliphatic carbocycles. The highest BCUT2D eigenvalue weighted by molar-refractivity contribution is 5.70. The molecule has 5 rings (SSSR count). The van der Waals surface area contributed by atoms with E-state index in [2.05, 4.69) is 36.0 Å². The highest BCUT2D eigenvalue weighted by Gasteiger charge is 2.25. The lowest BCUT2D eigenvalue weighted by Gasteiger charge is -2.30. The number of anilines is 1. The summed E-state index contributed by atoms with van der Waals surface area (Å²) in [5, 5.41) is 17.3. The van der Waals surface area contributed by atoms with E-state index in [0.717, 1.165) is 48.1 Å². The van der Waals surface area contributed by atoms with Gasteiger partial charge in [-0.3, -0.25) is 4.68 Å². The highest BCUT2D eigenvalue weighted by Crippen LogP contribution is 2.32. The molecule has 4 aromatic rings. The van der Waals surface area contributed by atoms with Crippen LogP contribution >= 0.6 is 0 Å². The fourth-order valence-electron chi connectivity index (χ4n) is 4.33. The number of pyridine rings is 1. The number of hydrogen-bond donors (Lipinski definition) is 1. The predicted octanol–water partition coefficient (Wildman–Crippen LogP) is 3.40. The molecule has 1 N–H and O–H groups in total. The van der Waals surface area contributed by atoms with Crippen LogP contribution in [0.25, 0.3) is 22.4 Å². The zero-order valence-electron chi connectivity index (χ0n) is 17.5. The Hall–Kier alpha value is -3.80. The molecule has 2 atom stereocenters. The van der Waals surface area contributed by atoms with Crippen LogP contribution in [0.3, 0.4) is 0 Å². The van der Waals surface area contributed by atoms with Crippen molar-refractivity contribution < 1.29 is 0 Å². The van der Waals surface area contributed by atoms with Crippen molar-refractivity contribution in [3.05, 3.63) is 48.3 Å². The number of nitriles is 1. The summed E-state index contributed by atoms with van der Waals surface area (Å²) in [5.41, 5.74) is 4.71. The molecule has 1 saturated carbocycles. The van der Waals surface area contributed by atoms with E-state index in [9.17, 15) is 5.26 Å². The van der Waals surface area contributed by atoms with Gasteiger partial charge in [0.05, 0.1) is 30.0 Å². The van der Waals surface area contributed by atoms with Crippen molar-refractivity contribution >= 4 is 17.1 Å². The molecule has 0 spiro atoms. The molecule has 0 amide bonds. The third-order valence-corrected chi connectivity index (χ3v) is 6.10. The van der Waals surface area contributed by atoms with E-state index < -0.39 is 0 Å². The Morgan fingerprint density at radius 2 is 2.10 bits per heavy atom. The van der Waals surface area contributed by atoms with Crippen LogP contribution in [0.15, 0.2) is 37.1 Å². The summed E-state index contributed by atoms with van der Waals surface area (Å²) in [4.78, 5) is 18.1. The maximum atomic E-state index is 9.52. The first-order valence-corrected chi connectivity index (χ1v) is 10.4. The van der Waals surface area contributed by atoms with Crippen molar-refractivity contribution in [1.29, 1.82) is 5.26 Å². The van der Waals surface area contributed by atoms with E-state index in [0.29, 0.717) is 23.2 Å². The normalized spacial score (nSPS) is 18.7. The van der Waals surface area contributed by atoms with Gasteiger partial charge < -0.3 is 9.88 Å². The van der Waals surface area contributed by atoms with Crippen LogP contribution in [0.4, 0.5) is 5.95 Å².